The smallest absolute Gasteiger partial charge is 0.259 e. The van der Waals surface area contributed by atoms with Crippen molar-refractivity contribution in [1.82, 2.24) is 29.6 Å². The molecule has 0 unspecified atom stereocenters. The number of nitrogens with zero attached hydrogens (tertiary/aromatic N) is 7. The summed E-state index contributed by atoms with van der Waals surface area (Å²) in [6, 6.07) is 7.22. The van der Waals surface area contributed by atoms with Gasteiger partial charge in [0.1, 0.15) is 17.7 Å². The van der Waals surface area contributed by atoms with Crippen LogP contribution in [0.3, 0.4) is 0 Å². The Bertz CT molecular complexity index is 921. The van der Waals surface area contributed by atoms with Crippen LogP contribution in [0.25, 0.3) is 5.82 Å². The van der Waals surface area contributed by atoms with E-state index in [9.17, 15) is 4.79 Å². The average Bonchev–Trinajstić information content (AvgIpc) is 3.28. The molecule has 0 atom stereocenters. The lowest BCUT2D eigenvalue weighted by Gasteiger charge is -2.35. The largest absolute Gasteiger partial charge is 0.480 e. The summed E-state index contributed by atoms with van der Waals surface area (Å²) in [5.74, 6) is 1.81. The van der Waals surface area contributed by atoms with E-state index in [0.717, 1.165) is 5.82 Å². The minimum atomic E-state index is -0.0699. The number of methoxy groups -OCH3 is 1. The molecule has 0 saturated carbocycles. The lowest BCUT2D eigenvalue weighted by atomic mass is 10.2. The van der Waals surface area contributed by atoms with Gasteiger partial charge in [0.25, 0.3) is 5.91 Å². The molecule has 1 amide bonds. The molecule has 3 aromatic heterocycles. The quantitative estimate of drug-likeness (QED) is 0.682. The number of amides is 1. The molecule has 1 aliphatic rings. The molecule has 1 aliphatic heterocycles. The number of anilines is 1. The molecule has 138 valence electrons. The summed E-state index contributed by atoms with van der Waals surface area (Å²) in [5, 5.41) is 4.20. The van der Waals surface area contributed by atoms with Crippen molar-refractivity contribution in [3.63, 3.8) is 0 Å². The van der Waals surface area contributed by atoms with E-state index in [4.69, 9.17) is 4.74 Å². The van der Waals surface area contributed by atoms with Gasteiger partial charge < -0.3 is 14.5 Å². The second-order valence-electron chi connectivity index (χ2n) is 6.02. The van der Waals surface area contributed by atoms with E-state index < -0.39 is 0 Å². The van der Waals surface area contributed by atoms with Crippen LogP contribution in [0.2, 0.25) is 0 Å². The third-order valence-corrected chi connectivity index (χ3v) is 4.46. The normalized spacial score (nSPS) is 14.3. The maximum absolute atomic E-state index is 12.8. The first-order chi connectivity index (χ1) is 13.3. The summed E-state index contributed by atoms with van der Waals surface area (Å²) < 4.78 is 6.90. The van der Waals surface area contributed by atoms with Crippen molar-refractivity contribution < 1.29 is 9.53 Å². The number of carbonyl (C=O) groups excluding carboxylic acids is 1. The SMILES string of the molecule is COc1ncccc1C(=O)N1CCN(c2cc(-n3cccn3)ncn2)CC1. The highest BCUT2D eigenvalue weighted by atomic mass is 16.5. The zero-order valence-corrected chi connectivity index (χ0v) is 14.9. The van der Waals surface area contributed by atoms with Gasteiger partial charge in [-0.05, 0) is 18.2 Å². The Morgan fingerprint density at radius 2 is 1.85 bits per heavy atom. The first kappa shape index (κ1) is 17.0. The predicted molar refractivity (Wildman–Crippen MR) is 98.1 cm³/mol. The number of ether oxygens (including phenoxy) is 1. The van der Waals surface area contributed by atoms with Crippen LogP contribution in [0.5, 0.6) is 5.88 Å². The molecule has 27 heavy (non-hydrogen) atoms. The van der Waals surface area contributed by atoms with Crippen molar-refractivity contribution in [1.29, 1.82) is 0 Å². The Morgan fingerprint density at radius 1 is 1.04 bits per heavy atom. The third-order valence-electron chi connectivity index (χ3n) is 4.46. The Kier molecular flexibility index (Phi) is 4.65. The summed E-state index contributed by atoms with van der Waals surface area (Å²) in [6.07, 6.45) is 6.69. The molecule has 9 nitrogen and oxygen atoms in total. The molecule has 0 aromatic carbocycles. The summed E-state index contributed by atoms with van der Waals surface area (Å²) in [7, 11) is 1.52. The minimum absolute atomic E-state index is 0.0699. The van der Waals surface area contributed by atoms with Crippen LogP contribution in [0.4, 0.5) is 5.82 Å². The molecule has 1 saturated heterocycles. The fourth-order valence-corrected chi connectivity index (χ4v) is 3.06. The molecule has 3 aromatic rings. The number of rotatable bonds is 4. The molecule has 4 rings (SSSR count). The minimum Gasteiger partial charge on any atom is -0.480 e. The van der Waals surface area contributed by atoms with Crippen molar-refractivity contribution in [3.05, 3.63) is 54.7 Å². The first-order valence-electron chi connectivity index (χ1n) is 8.61. The number of pyridine rings is 1. The monoisotopic (exact) mass is 365 g/mol. The molecule has 1 fully saturated rings. The lowest BCUT2D eigenvalue weighted by molar-refractivity contribution is 0.0742. The Morgan fingerprint density at radius 3 is 2.59 bits per heavy atom. The molecular weight excluding hydrogens is 346 g/mol. The van der Waals surface area contributed by atoms with E-state index in [0.29, 0.717) is 43.4 Å². The zero-order chi connectivity index (χ0) is 18.6. The van der Waals surface area contributed by atoms with Gasteiger partial charge in [-0.15, -0.1) is 0 Å². The van der Waals surface area contributed by atoms with E-state index in [1.807, 2.05) is 23.2 Å². The molecule has 4 heterocycles. The van der Waals surface area contributed by atoms with Crippen LogP contribution in [-0.4, -0.2) is 68.8 Å². The van der Waals surface area contributed by atoms with Gasteiger partial charge in [0.05, 0.1) is 7.11 Å². The predicted octanol–water partition coefficient (Wildman–Crippen LogP) is 1.03. The molecular formula is C18H19N7O2. The van der Waals surface area contributed by atoms with Crippen molar-refractivity contribution in [2.24, 2.45) is 0 Å². The lowest BCUT2D eigenvalue weighted by Crippen LogP contribution is -2.49. The van der Waals surface area contributed by atoms with Gasteiger partial charge in [-0.1, -0.05) is 0 Å². The summed E-state index contributed by atoms with van der Waals surface area (Å²) >= 11 is 0. The number of carbonyl (C=O) groups is 1. The topological polar surface area (TPSA) is 89.3 Å². The Balaban J connectivity index is 1.45. The number of piperazine rings is 1. The highest BCUT2D eigenvalue weighted by Crippen LogP contribution is 2.19. The highest BCUT2D eigenvalue weighted by molar-refractivity contribution is 5.96. The van der Waals surface area contributed by atoms with Crippen LogP contribution < -0.4 is 9.64 Å². The maximum atomic E-state index is 12.8. The van der Waals surface area contributed by atoms with Gasteiger partial charge >= 0.3 is 0 Å². The average molecular weight is 365 g/mol. The fraction of sp³-hybridized carbons (Fsp3) is 0.278. The molecule has 0 radical (unpaired) electrons. The van der Waals surface area contributed by atoms with Gasteiger partial charge in [0.2, 0.25) is 5.88 Å². The van der Waals surface area contributed by atoms with E-state index in [2.05, 4.69) is 25.0 Å². The van der Waals surface area contributed by atoms with Crippen molar-refractivity contribution in [3.8, 4) is 11.7 Å². The third kappa shape index (κ3) is 3.43. The molecule has 9 heteroatoms. The van der Waals surface area contributed by atoms with Crippen LogP contribution in [0, 0.1) is 0 Å². The van der Waals surface area contributed by atoms with Crippen LogP contribution in [0.1, 0.15) is 10.4 Å². The van der Waals surface area contributed by atoms with E-state index in [1.165, 1.54) is 13.4 Å². The van der Waals surface area contributed by atoms with E-state index in [-0.39, 0.29) is 5.91 Å². The Labute approximate surface area is 156 Å². The molecule has 0 spiro atoms. The number of hydrogen-bond donors (Lipinski definition) is 0. The highest BCUT2D eigenvalue weighted by Gasteiger charge is 2.25. The van der Waals surface area contributed by atoms with Gasteiger partial charge in [-0.25, -0.2) is 19.6 Å². The fourth-order valence-electron chi connectivity index (χ4n) is 3.06. The van der Waals surface area contributed by atoms with Crippen LogP contribution in [-0.2, 0) is 0 Å². The second-order valence-corrected chi connectivity index (χ2v) is 6.02. The van der Waals surface area contributed by atoms with Crippen molar-refractivity contribution >= 4 is 11.7 Å². The van der Waals surface area contributed by atoms with E-state index in [1.54, 1.807) is 29.2 Å². The van der Waals surface area contributed by atoms with Gasteiger partial charge in [0, 0.05) is 50.8 Å². The van der Waals surface area contributed by atoms with Crippen LogP contribution >= 0.6 is 0 Å². The summed E-state index contributed by atoms with van der Waals surface area (Å²) in [6.45, 7) is 2.56. The van der Waals surface area contributed by atoms with Crippen molar-refractivity contribution in [2.75, 3.05) is 38.2 Å². The molecule has 0 bridgehead atoms. The van der Waals surface area contributed by atoms with Gasteiger partial charge in [0.15, 0.2) is 5.82 Å². The molecule has 0 N–H and O–H groups in total. The zero-order valence-electron chi connectivity index (χ0n) is 14.9. The standard InChI is InChI=1S/C18H19N7O2/c1-27-17-14(4-2-5-19-17)18(26)24-10-8-23(9-11-24)15-12-16(21-13-20-15)25-7-3-6-22-25/h2-7,12-13H,8-11H2,1H3. The maximum Gasteiger partial charge on any atom is 0.259 e. The van der Waals surface area contributed by atoms with Crippen LogP contribution in [0.15, 0.2) is 49.2 Å². The Hall–Kier alpha value is -3.49. The first-order valence-corrected chi connectivity index (χ1v) is 8.61. The number of aromatic nitrogens is 5. The van der Waals surface area contributed by atoms with E-state index >= 15 is 0 Å². The number of hydrogen-bond acceptors (Lipinski definition) is 7. The molecule has 0 aliphatic carbocycles. The summed E-state index contributed by atoms with van der Waals surface area (Å²) in [5.41, 5.74) is 0.483. The van der Waals surface area contributed by atoms with Gasteiger partial charge in [-0.3, -0.25) is 4.79 Å². The van der Waals surface area contributed by atoms with Gasteiger partial charge in [-0.2, -0.15) is 5.10 Å². The summed E-state index contributed by atoms with van der Waals surface area (Å²) in [4.78, 5) is 29.5. The second kappa shape index (κ2) is 7.40. The van der Waals surface area contributed by atoms with Crippen molar-refractivity contribution in [2.45, 2.75) is 0 Å².